The maximum atomic E-state index is 10.9. The molecule has 0 bridgehead atoms. The van der Waals surface area contributed by atoms with Gasteiger partial charge in [0.15, 0.2) is 5.16 Å². The first-order chi connectivity index (χ1) is 9.99. The smallest absolute Gasteiger partial charge is 0.313 e. The molecule has 0 amide bonds. The van der Waals surface area contributed by atoms with E-state index in [1.165, 1.54) is 11.8 Å². The molecule has 7 heteroatoms. The van der Waals surface area contributed by atoms with Crippen LogP contribution in [0.25, 0.3) is 11.0 Å². The summed E-state index contributed by atoms with van der Waals surface area (Å²) in [6.45, 7) is 3.41. The summed E-state index contributed by atoms with van der Waals surface area (Å²) in [5.74, 6) is -0.877. The molecular formula is C14H15ClN2O3S. The summed E-state index contributed by atoms with van der Waals surface area (Å²) in [4.78, 5) is 15.4. The highest BCUT2D eigenvalue weighted by Crippen LogP contribution is 2.36. The van der Waals surface area contributed by atoms with Gasteiger partial charge >= 0.3 is 5.97 Å². The van der Waals surface area contributed by atoms with Gasteiger partial charge in [0.2, 0.25) is 0 Å². The van der Waals surface area contributed by atoms with Gasteiger partial charge in [-0.15, -0.1) is 0 Å². The van der Waals surface area contributed by atoms with Crippen LogP contribution in [0.1, 0.15) is 13.3 Å². The first kappa shape index (κ1) is 14.7. The number of imidazole rings is 1. The first-order valence-corrected chi connectivity index (χ1v) is 7.97. The van der Waals surface area contributed by atoms with Gasteiger partial charge in [0.05, 0.1) is 28.9 Å². The summed E-state index contributed by atoms with van der Waals surface area (Å²) in [5, 5.41) is 10.2. The van der Waals surface area contributed by atoms with Crippen LogP contribution in [-0.2, 0) is 15.1 Å². The highest BCUT2D eigenvalue weighted by Gasteiger charge is 2.35. The fourth-order valence-corrected chi connectivity index (χ4v) is 3.64. The SMILES string of the molecule is CC1(n2c(SCC(=O)O)nc3cc(Cl)ccc32)CCOC1. The number of carbonyl (C=O) groups is 1. The molecule has 0 saturated carbocycles. The van der Waals surface area contributed by atoms with Crippen LogP contribution in [0.4, 0.5) is 0 Å². The van der Waals surface area contributed by atoms with E-state index >= 15 is 0 Å². The summed E-state index contributed by atoms with van der Waals surface area (Å²) < 4.78 is 7.63. The lowest BCUT2D eigenvalue weighted by molar-refractivity contribution is -0.133. The van der Waals surface area contributed by atoms with Crippen molar-refractivity contribution in [3.05, 3.63) is 23.2 Å². The number of hydrogen-bond donors (Lipinski definition) is 1. The van der Waals surface area contributed by atoms with E-state index in [1.54, 1.807) is 6.07 Å². The summed E-state index contributed by atoms with van der Waals surface area (Å²) in [6, 6.07) is 5.56. The van der Waals surface area contributed by atoms with Crippen molar-refractivity contribution in [3.8, 4) is 0 Å². The fourth-order valence-electron chi connectivity index (χ4n) is 2.61. The number of aliphatic carboxylic acids is 1. The normalized spacial score (nSPS) is 22.0. The van der Waals surface area contributed by atoms with Crippen LogP contribution in [0.2, 0.25) is 5.02 Å². The number of ether oxygens (including phenoxy) is 1. The number of nitrogens with zero attached hydrogens (tertiary/aromatic N) is 2. The predicted molar refractivity (Wildman–Crippen MR) is 82.2 cm³/mol. The van der Waals surface area contributed by atoms with Crippen molar-refractivity contribution >= 4 is 40.4 Å². The van der Waals surface area contributed by atoms with E-state index in [0.29, 0.717) is 23.4 Å². The Balaban J connectivity index is 2.13. The van der Waals surface area contributed by atoms with Gasteiger partial charge in [0, 0.05) is 11.6 Å². The highest BCUT2D eigenvalue weighted by atomic mass is 35.5. The highest BCUT2D eigenvalue weighted by molar-refractivity contribution is 7.99. The third-order valence-electron chi connectivity index (χ3n) is 3.65. The van der Waals surface area contributed by atoms with Crippen molar-refractivity contribution in [2.75, 3.05) is 19.0 Å². The molecule has 2 aromatic rings. The fraction of sp³-hybridized carbons (Fsp3) is 0.429. The number of carboxylic acids is 1. The molecule has 1 unspecified atom stereocenters. The quantitative estimate of drug-likeness (QED) is 0.875. The van der Waals surface area contributed by atoms with Gasteiger partial charge in [-0.1, -0.05) is 23.4 Å². The number of hydrogen-bond acceptors (Lipinski definition) is 4. The molecule has 0 aliphatic carbocycles. The molecule has 2 heterocycles. The molecule has 1 N–H and O–H groups in total. The molecule has 1 aromatic heterocycles. The zero-order valence-electron chi connectivity index (χ0n) is 11.5. The lowest BCUT2D eigenvalue weighted by atomic mass is 10.0. The van der Waals surface area contributed by atoms with E-state index in [0.717, 1.165) is 17.5 Å². The first-order valence-electron chi connectivity index (χ1n) is 6.60. The van der Waals surface area contributed by atoms with Crippen LogP contribution in [0, 0.1) is 0 Å². The maximum Gasteiger partial charge on any atom is 0.313 e. The molecular weight excluding hydrogens is 312 g/mol. The van der Waals surface area contributed by atoms with Gasteiger partial charge < -0.3 is 14.4 Å². The minimum atomic E-state index is -0.857. The molecule has 1 fully saturated rings. The number of carboxylic acid groups (broad SMARTS) is 1. The summed E-state index contributed by atoms with van der Waals surface area (Å²) in [5.41, 5.74) is 1.53. The second-order valence-electron chi connectivity index (χ2n) is 5.34. The van der Waals surface area contributed by atoms with Crippen LogP contribution in [0.15, 0.2) is 23.4 Å². The molecule has 1 saturated heterocycles. The third kappa shape index (κ3) is 2.75. The molecule has 1 aliphatic rings. The van der Waals surface area contributed by atoms with Gasteiger partial charge in [0.25, 0.3) is 0 Å². The largest absolute Gasteiger partial charge is 0.481 e. The van der Waals surface area contributed by atoms with Crippen LogP contribution < -0.4 is 0 Å². The lowest BCUT2D eigenvalue weighted by Gasteiger charge is -2.26. The Hall–Kier alpha value is -1.24. The van der Waals surface area contributed by atoms with Crippen molar-refractivity contribution in [2.24, 2.45) is 0 Å². The predicted octanol–water partition coefficient (Wildman–Crippen LogP) is 3.00. The molecule has 0 radical (unpaired) electrons. The Labute approximate surface area is 131 Å². The zero-order chi connectivity index (χ0) is 15.0. The van der Waals surface area contributed by atoms with Crippen molar-refractivity contribution < 1.29 is 14.6 Å². The molecule has 112 valence electrons. The van der Waals surface area contributed by atoms with E-state index in [4.69, 9.17) is 21.4 Å². The average Bonchev–Trinajstić information content (AvgIpc) is 3.00. The number of halogens is 1. The minimum absolute atomic E-state index is 0.0199. The van der Waals surface area contributed by atoms with Crippen molar-refractivity contribution in [3.63, 3.8) is 0 Å². The van der Waals surface area contributed by atoms with E-state index < -0.39 is 5.97 Å². The Morgan fingerprint density at radius 3 is 3.10 bits per heavy atom. The van der Waals surface area contributed by atoms with E-state index in [-0.39, 0.29) is 11.3 Å². The van der Waals surface area contributed by atoms with Crippen molar-refractivity contribution in [1.29, 1.82) is 0 Å². The number of thioether (sulfide) groups is 1. The van der Waals surface area contributed by atoms with Gasteiger partial charge in [-0.3, -0.25) is 4.79 Å². The topological polar surface area (TPSA) is 64.4 Å². The van der Waals surface area contributed by atoms with Gasteiger partial charge in [-0.2, -0.15) is 0 Å². The Morgan fingerprint density at radius 1 is 1.62 bits per heavy atom. The molecule has 3 rings (SSSR count). The molecule has 1 aromatic carbocycles. The Bertz CT molecular complexity index is 695. The second kappa shape index (κ2) is 5.51. The van der Waals surface area contributed by atoms with Gasteiger partial charge in [-0.25, -0.2) is 4.98 Å². The monoisotopic (exact) mass is 326 g/mol. The lowest BCUT2D eigenvalue weighted by Crippen LogP contribution is -2.31. The zero-order valence-corrected chi connectivity index (χ0v) is 13.1. The van der Waals surface area contributed by atoms with Crippen LogP contribution in [-0.4, -0.2) is 39.6 Å². The number of rotatable bonds is 4. The maximum absolute atomic E-state index is 10.9. The van der Waals surface area contributed by atoms with E-state index in [1.807, 2.05) is 12.1 Å². The van der Waals surface area contributed by atoms with E-state index in [2.05, 4.69) is 16.5 Å². The second-order valence-corrected chi connectivity index (χ2v) is 6.72. The standard InChI is InChI=1S/C14H15ClN2O3S/c1-14(4-5-20-8-14)17-11-3-2-9(15)6-10(11)16-13(17)21-7-12(18)19/h2-3,6H,4-5,7-8H2,1H3,(H,18,19). The molecule has 21 heavy (non-hydrogen) atoms. The van der Waals surface area contributed by atoms with Crippen LogP contribution in [0.5, 0.6) is 0 Å². The van der Waals surface area contributed by atoms with Gasteiger partial charge in [0.1, 0.15) is 0 Å². The molecule has 1 aliphatic heterocycles. The Kier molecular flexibility index (Phi) is 3.86. The molecule has 1 atom stereocenters. The van der Waals surface area contributed by atoms with E-state index in [9.17, 15) is 4.79 Å². The van der Waals surface area contributed by atoms with Crippen molar-refractivity contribution in [1.82, 2.24) is 9.55 Å². The van der Waals surface area contributed by atoms with Crippen LogP contribution >= 0.6 is 23.4 Å². The summed E-state index contributed by atoms with van der Waals surface area (Å²) >= 11 is 7.25. The number of benzene rings is 1. The number of fused-ring (bicyclic) bond motifs is 1. The summed E-state index contributed by atoms with van der Waals surface area (Å²) in [6.07, 6.45) is 0.877. The molecule has 5 nitrogen and oxygen atoms in total. The number of aromatic nitrogens is 2. The summed E-state index contributed by atoms with van der Waals surface area (Å²) in [7, 11) is 0. The molecule has 0 spiro atoms. The average molecular weight is 327 g/mol. The minimum Gasteiger partial charge on any atom is -0.481 e. The van der Waals surface area contributed by atoms with Gasteiger partial charge in [-0.05, 0) is 31.5 Å². The van der Waals surface area contributed by atoms with Crippen molar-refractivity contribution in [2.45, 2.75) is 24.0 Å². The Morgan fingerprint density at radius 2 is 2.43 bits per heavy atom. The van der Waals surface area contributed by atoms with Crippen LogP contribution in [0.3, 0.4) is 0 Å². The third-order valence-corrected chi connectivity index (χ3v) is 4.81.